The Kier molecular flexibility index (Phi) is 4.08. The van der Waals surface area contributed by atoms with Crippen molar-refractivity contribution in [3.63, 3.8) is 0 Å². The molecule has 0 amide bonds. The maximum absolute atomic E-state index is 12.0. The molecule has 1 aromatic carbocycles. The average Bonchev–Trinajstić information content (AvgIpc) is 2.42. The lowest BCUT2D eigenvalue weighted by atomic mass is 10.1. The van der Waals surface area contributed by atoms with Gasteiger partial charge in [-0.2, -0.15) is 4.98 Å². The van der Waals surface area contributed by atoms with Crippen molar-refractivity contribution in [2.45, 2.75) is 26.7 Å². The minimum Gasteiger partial charge on any atom is -0.496 e. The topological polar surface area (TPSA) is 75.2 Å². The Morgan fingerprint density at radius 1 is 1.40 bits per heavy atom. The molecule has 1 heterocycles. The molecule has 0 saturated carbocycles. The van der Waals surface area contributed by atoms with E-state index in [1.165, 1.54) is 0 Å². The van der Waals surface area contributed by atoms with Crippen molar-refractivity contribution in [2.24, 2.45) is 0 Å². The van der Waals surface area contributed by atoms with Crippen LogP contribution in [0.3, 0.4) is 0 Å². The molecule has 0 aliphatic rings. The van der Waals surface area contributed by atoms with Gasteiger partial charge in [0.05, 0.1) is 18.2 Å². The van der Waals surface area contributed by atoms with Crippen molar-refractivity contribution in [3.05, 3.63) is 39.7 Å². The summed E-state index contributed by atoms with van der Waals surface area (Å²) in [5, 5.41) is 9.91. The molecule has 0 radical (unpaired) electrons. The highest BCUT2D eigenvalue weighted by atomic mass is 16.5. The lowest BCUT2D eigenvalue weighted by molar-refractivity contribution is 0.415. The van der Waals surface area contributed by atoms with Gasteiger partial charge in [-0.25, -0.2) is 0 Å². The number of rotatable bonds is 4. The Balaban J connectivity index is 2.57. The maximum Gasteiger partial charge on any atom is 0.258 e. The molecule has 0 spiro atoms. The van der Waals surface area contributed by atoms with Crippen LogP contribution in [0.1, 0.15) is 24.5 Å². The maximum atomic E-state index is 12.0. The van der Waals surface area contributed by atoms with Gasteiger partial charge in [0.25, 0.3) is 5.56 Å². The zero-order chi connectivity index (χ0) is 14.7. The van der Waals surface area contributed by atoms with Gasteiger partial charge in [-0.1, -0.05) is 19.4 Å². The van der Waals surface area contributed by atoms with Gasteiger partial charge in [-0.15, -0.1) is 0 Å². The third-order valence-electron chi connectivity index (χ3n) is 3.11. The van der Waals surface area contributed by atoms with Crippen LogP contribution in [-0.4, -0.2) is 22.2 Å². The van der Waals surface area contributed by atoms with Crippen LogP contribution in [0.2, 0.25) is 0 Å². The zero-order valence-corrected chi connectivity index (χ0v) is 11.9. The number of nitrogens with one attached hydrogen (secondary N) is 1. The Morgan fingerprint density at radius 2 is 2.15 bits per heavy atom. The van der Waals surface area contributed by atoms with E-state index in [4.69, 9.17) is 4.74 Å². The van der Waals surface area contributed by atoms with Crippen molar-refractivity contribution in [3.8, 4) is 23.0 Å². The predicted octanol–water partition coefficient (Wildman–Crippen LogP) is 2.41. The Labute approximate surface area is 117 Å². The standard InChI is InChI=1S/C15H18N2O3/c1-4-5-11-14(18)16-13(17-15(11)19)10-7-6-9(2)8-12(10)20-3/h6-8H,4-5H2,1-3H3,(H2,16,17,18,19). The van der Waals surface area contributed by atoms with E-state index < -0.39 is 0 Å². The minimum atomic E-state index is -0.308. The molecule has 20 heavy (non-hydrogen) atoms. The Bertz CT molecular complexity index is 677. The van der Waals surface area contributed by atoms with Gasteiger partial charge in [-0.05, 0) is 31.0 Å². The molecule has 2 aromatic rings. The molecular formula is C15H18N2O3. The molecule has 0 aliphatic heterocycles. The van der Waals surface area contributed by atoms with Gasteiger partial charge in [0.1, 0.15) is 11.6 Å². The first-order valence-electron chi connectivity index (χ1n) is 6.54. The van der Waals surface area contributed by atoms with E-state index >= 15 is 0 Å². The van der Waals surface area contributed by atoms with Crippen LogP contribution in [0.15, 0.2) is 23.0 Å². The third-order valence-corrected chi connectivity index (χ3v) is 3.11. The molecule has 5 heteroatoms. The van der Waals surface area contributed by atoms with Crippen molar-refractivity contribution >= 4 is 0 Å². The molecule has 106 valence electrons. The molecule has 5 nitrogen and oxygen atoms in total. The van der Waals surface area contributed by atoms with E-state index in [9.17, 15) is 9.90 Å². The molecule has 0 bridgehead atoms. The first-order chi connectivity index (χ1) is 9.56. The van der Waals surface area contributed by atoms with Crippen molar-refractivity contribution < 1.29 is 9.84 Å². The predicted molar refractivity (Wildman–Crippen MR) is 77.2 cm³/mol. The van der Waals surface area contributed by atoms with E-state index in [0.717, 1.165) is 12.0 Å². The first-order valence-corrected chi connectivity index (χ1v) is 6.54. The number of benzene rings is 1. The molecule has 1 aromatic heterocycles. The summed E-state index contributed by atoms with van der Waals surface area (Å²) >= 11 is 0. The molecular weight excluding hydrogens is 256 g/mol. The number of aromatic nitrogens is 2. The highest BCUT2D eigenvalue weighted by Gasteiger charge is 2.14. The van der Waals surface area contributed by atoms with Crippen LogP contribution in [0.25, 0.3) is 11.4 Å². The van der Waals surface area contributed by atoms with Gasteiger partial charge in [0.2, 0.25) is 5.88 Å². The highest BCUT2D eigenvalue weighted by molar-refractivity contribution is 5.65. The Morgan fingerprint density at radius 3 is 2.75 bits per heavy atom. The van der Waals surface area contributed by atoms with Crippen LogP contribution < -0.4 is 10.3 Å². The number of hydrogen-bond acceptors (Lipinski definition) is 4. The van der Waals surface area contributed by atoms with E-state index in [1.807, 2.05) is 32.0 Å². The molecule has 0 saturated heterocycles. The van der Waals surface area contributed by atoms with Crippen molar-refractivity contribution in [1.82, 2.24) is 9.97 Å². The molecule has 0 unspecified atom stereocenters. The third kappa shape index (κ3) is 2.66. The lowest BCUT2D eigenvalue weighted by Gasteiger charge is -2.10. The van der Waals surface area contributed by atoms with Gasteiger partial charge >= 0.3 is 0 Å². The second-order valence-electron chi connectivity index (χ2n) is 4.67. The zero-order valence-electron chi connectivity index (χ0n) is 11.9. The van der Waals surface area contributed by atoms with Gasteiger partial charge in [0.15, 0.2) is 0 Å². The summed E-state index contributed by atoms with van der Waals surface area (Å²) in [6, 6.07) is 5.56. The molecule has 0 aliphatic carbocycles. The summed E-state index contributed by atoms with van der Waals surface area (Å²) in [5.41, 5.74) is 1.70. The molecule has 0 fully saturated rings. The number of aryl methyl sites for hydroxylation is 1. The van der Waals surface area contributed by atoms with Gasteiger partial charge in [0, 0.05) is 0 Å². The SMILES string of the molecule is CCCc1c(O)nc(-c2ccc(C)cc2OC)[nH]c1=O. The second-order valence-corrected chi connectivity index (χ2v) is 4.67. The number of ether oxygens (including phenoxy) is 1. The summed E-state index contributed by atoms with van der Waals surface area (Å²) in [4.78, 5) is 18.8. The fourth-order valence-electron chi connectivity index (χ4n) is 2.08. The van der Waals surface area contributed by atoms with Crippen LogP contribution in [-0.2, 0) is 6.42 Å². The van der Waals surface area contributed by atoms with Crippen molar-refractivity contribution in [1.29, 1.82) is 0 Å². The quantitative estimate of drug-likeness (QED) is 0.897. The number of hydrogen-bond donors (Lipinski definition) is 2. The first kappa shape index (κ1) is 14.1. The number of nitrogens with zero attached hydrogens (tertiary/aromatic N) is 1. The number of methoxy groups -OCH3 is 1. The minimum absolute atomic E-state index is 0.215. The van der Waals surface area contributed by atoms with E-state index in [-0.39, 0.29) is 11.4 Å². The monoisotopic (exact) mass is 274 g/mol. The summed E-state index contributed by atoms with van der Waals surface area (Å²) in [7, 11) is 1.56. The second kappa shape index (κ2) is 5.77. The Hall–Kier alpha value is -2.30. The summed E-state index contributed by atoms with van der Waals surface area (Å²) < 4.78 is 5.29. The van der Waals surface area contributed by atoms with Crippen LogP contribution in [0.4, 0.5) is 0 Å². The fraction of sp³-hybridized carbons (Fsp3) is 0.333. The average molecular weight is 274 g/mol. The number of aromatic amines is 1. The normalized spacial score (nSPS) is 10.6. The van der Waals surface area contributed by atoms with Crippen LogP contribution in [0, 0.1) is 6.92 Å². The van der Waals surface area contributed by atoms with Crippen molar-refractivity contribution in [2.75, 3.05) is 7.11 Å². The number of aromatic hydroxyl groups is 1. The van der Waals surface area contributed by atoms with Crippen LogP contribution >= 0.6 is 0 Å². The molecule has 2 rings (SSSR count). The fourth-order valence-corrected chi connectivity index (χ4v) is 2.08. The summed E-state index contributed by atoms with van der Waals surface area (Å²) in [6.45, 7) is 3.89. The highest BCUT2D eigenvalue weighted by Crippen LogP contribution is 2.29. The van der Waals surface area contributed by atoms with E-state index in [2.05, 4.69) is 9.97 Å². The van der Waals surface area contributed by atoms with E-state index in [1.54, 1.807) is 7.11 Å². The summed E-state index contributed by atoms with van der Waals surface area (Å²) in [6.07, 6.45) is 1.27. The largest absolute Gasteiger partial charge is 0.496 e. The van der Waals surface area contributed by atoms with Gasteiger partial charge < -0.3 is 14.8 Å². The van der Waals surface area contributed by atoms with Crippen LogP contribution in [0.5, 0.6) is 11.6 Å². The lowest BCUT2D eigenvalue weighted by Crippen LogP contribution is -2.15. The molecule has 2 N–H and O–H groups in total. The smallest absolute Gasteiger partial charge is 0.258 e. The van der Waals surface area contributed by atoms with Gasteiger partial charge in [-0.3, -0.25) is 4.79 Å². The van der Waals surface area contributed by atoms with E-state index in [0.29, 0.717) is 29.1 Å². The summed E-state index contributed by atoms with van der Waals surface area (Å²) in [5.74, 6) is 0.702. The number of H-pyrrole nitrogens is 1. The molecule has 0 atom stereocenters.